The molecule has 6 aromatic rings. The van der Waals surface area contributed by atoms with E-state index in [0.717, 1.165) is 64.0 Å². The van der Waals surface area contributed by atoms with E-state index in [9.17, 15) is 18.8 Å². The monoisotopic (exact) mass is 713 g/mol. The lowest BCUT2D eigenvalue weighted by molar-refractivity contribution is -0.122. The van der Waals surface area contributed by atoms with E-state index < -0.39 is 17.8 Å². The molecule has 6 aromatic carbocycles. The smallest absolute Gasteiger partial charge is 0.335 e. The number of amides is 4. The maximum atomic E-state index is 14.6. The molecule has 3 heterocycles. The standard InChI is InChI=1S/C46H36FN3O4/c47-33-18-15-29(16-19-33)28-54-42-20-17-32-13-7-8-14-35(32)38(42)27-41-44(51)48-46(53)50(45(41)52)34-25-39-36(30-9-3-1-4-10-30)21-23-49-24-22-37(40(26-34)43(39)49)31-11-5-2-6-12-31/h1-20,25-27,36-37H,21-24,28H2,(H,48,51,53)/b41-27+/t36-,37-/m0/s1. The van der Waals surface area contributed by atoms with Gasteiger partial charge in [-0.3, -0.25) is 14.9 Å². The molecule has 4 amide bonds. The molecule has 3 aliphatic rings. The number of imide groups is 2. The van der Waals surface area contributed by atoms with Crippen molar-refractivity contribution < 1.29 is 23.5 Å². The molecular weight excluding hydrogens is 678 g/mol. The lowest BCUT2D eigenvalue weighted by atomic mass is 9.76. The van der Waals surface area contributed by atoms with E-state index in [0.29, 0.717) is 17.0 Å². The van der Waals surface area contributed by atoms with Crippen molar-refractivity contribution in [2.45, 2.75) is 31.3 Å². The maximum absolute atomic E-state index is 14.6. The topological polar surface area (TPSA) is 79.0 Å². The van der Waals surface area contributed by atoms with Gasteiger partial charge >= 0.3 is 6.03 Å². The van der Waals surface area contributed by atoms with Crippen molar-refractivity contribution in [3.63, 3.8) is 0 Å². The third-order valence-corrected chi connectivity index (χ3v) is 10.9. The van der Waals surface area contributed by atoms with Gasteiger partial charge in [-0.15, -0.1) is 0 Å². The molecule has 3 aliphatic heterocycles. The zero-order valence-electron chi connectivity index (χ0n) is 29.4. The van der Waals surface area contributed by atoms with Crippen LogP contribution in [-0.4, -0.2) is 30.9 Å². The van der Waals surface area contributed by atoms with Crippen molar-refractivity contribution in [1.82, 2.24) is 5.32 Å². The molecule has 54 heavy (non-hydrogen) atoms. The molecule has 1 saturated heterocycles. The predicted molar refractivity (Wildman–Crippen MR) is 208 cm³/mol. The Bertz CT molecular complexity index is 2390. The SMILES string of the molecule is O=C1NC(=O)N(c2cc3c4c(c2)[C@H](c2ccccc2)CCN4CC[C@H]3c2ccccc2)C(=O)/C1=C/c1c(OCc2ccc(F)cc2)ccc2ccccc12. The van der Waals surface area contributed by atoms with Gasteiger partial charge in [0.15, 0.2) is 0 Å². The van der Waals surface area contributed by atoms with E-state index in [-0.39, 0.29) is 29.8 Å². The Kier molecular flexibility index (Phi) is 8.50. The van der Waals surface area contributed by atoms with Crippen LogP contribution in [0.5, 0.6) is 5.75 Å². The number of anilines is 2. The summed E-state index contributed by atoms with van der Waals surface area (Å²) in [6.07, 6.45) is 3.30. The number of nitrogens with zero attached hydrogens (tertiary/aromatic N) is 2. The van der Waals surface area contributed by atoms with Gasteiger partial charge in [-0.1, -0.05) is 103 Å². The predicted octanol–water partition coefficient (Wildman–Crippen LogP) is 9.10. The first kappa shape index (κ1) is 33.3. The van der Waals surface area contributed by atoms with Gasteiger partial charge in [-0.05, 0) is 87.8 Å². The van der Waals surface area contributed by atoms with E-state index >= 15 is 0 Å². The first-order chi connectivity index (χ1) is 26.4. The van der Waals surface area contributed by atoms with Crippen LogP contribution < -0.4 is 19.9 Å². The van der Waals surface area contributed by atoms with Gasteiger partial charge in [0.1, 0.15) is 23.7 Å². The molecule has 2 atom stereocenters. The number of hydrogen-bond donors (Lipinski definition) is 1. The fraction of sp³-hybridized carbons (Fsp3) is 0.152. The van der Waals surface area contributed by atoms with E-state index in [4.69, 9.17) is 4.74 Å². The molecular formula is C46H36FN3O4. The number of halogens is 1. The molecule has 8 heteroatoms. The first-order valence-electron chi connectivity index (χ1n) is 18.3. The quantitative estimate of drug-likeness (QED) is 0.132. The van der Waals surface area contributed by atoms with Crippen LogP contribution in [0.3, 0.4) is 0 Å². The molecule has 0 radical (unpaired) electrons. The fourth-order valence-electron chi connectivity index (χ4n) is 8.30. The molecule has 0 aliphatic carbocycles. The Morgan fingerprint density at radius 1 is 0.722 bits per heavy atom. The van der Waals surface area contributed by atoms with Crippen molar-refractivity contribution in [2.75, 3.05) is 22.9 Å². The molecule has 0 saturated carbocycles. The van der Waals surface area contributed by atoms with Crippen molar-refractivity contribution in [1.29, 1.82) is 0 Å². The van der Waals surface area contributed by atoms with Crippen LogP contribution >= 0.6 is 0 Å². The number of carbonyl (C=O) groups excluding carboxylic acids is 3. The van der Waals surface area contributed by atoms with Crippen LogP contribution in [0, 0.1) is 5.82 Å². The van der Waals surface area contributed by atoms with E-state index in [2.05, 4.69) is 34.5 Å². The molecule has 7 nitrogen and oxygen atoms in total. The average molecular weight is 714 g/mol. The summed E-state index contributed by atoms with van der Waals surface area (Å²) in [7, 11) is 0. The van der Waals surface area contributed by atoms with Crippen LogP contribution in [0.2, 0.25) is 0 Å². The van der Waals surface area contributed by atoms with Crippen LogP contribution in [0.25, 0.3) is 16.8 Å². The summed E-state index contributed by atoms with van der Waals surface area (Å²) in [5, 5.41) is 4.10. The number of carbonyl (C=O) groups is 3. The Morgan fingerprint density at radius 3 is 1.98 bits per heavy atom. The lowest BCUT2D eigenvalue weighted by Gasteiger charge is -2.44. The molecule has 0 bridgehead atoms. The second-order valence-electron chi connectivity index (χ2n) is 14.0. The summed E-state index contributed by atoms with van der Waals surface area (Å²) >= 11 is 0. The summed E-state index contributed by atoms with van der Waals surface area (Å²) in [5.41, 5.74) is 7.14. The van der Waals surface area contributed by atoms with E-state index in [1.54, 1.807) is 18.2 Å². The zero-order chi connectivity index (χ0) is 36.8. The summed E-state index contributed by atoms with van der Waals surface area (Å²) in [4.78, 5) is 45.6. The van der Waals surface area contributed by atoms with Gasteiger partial charge in [0.05, 0.1) is 5.69 Å². The minimum Gasteiger partial charge on any atom is -0.488 e. The normalized spacial score (nSPS) is 18.8. The van der Waals surface area contributed by atoms with Gasteiger partial charge in [-0.25, -0.2) is 14.1 Å². The highest BCUT2D eigenvalue weighted by Crippen LogP contribution is 2.50. The minimum absolute atomic E-state index is 0.0572. The third kappa shape index (κ3) is 5.99. The van der Waals surface area contributed by atoms with Crippen molar-refractivity contribution in [3.8, 4) is 5.75 Å². The van der Waals surface area contributed by atoms with Crippen LogP contribution in [0.4, 0.5) is 20.6 Å². The van der Waals surface area contributed by atoms with Gasteiger partial charge in [0.2, 0.25) is 0 Å². The minimum atomic E-state index is -0.795. The van der Waals surface area contributed by atoms with Crippen molar-refractivity contribution in [3.05, 3.63) is 178 Å². The van der Waals surface area contributed by atoms with Crippen LogP contribution in [0.15, 0.2) is 139 Å². The number of rotatable bonds is 7. The Morgan fingerprint density at radius 2 is 1.33 bits per heavy atom. The third-order valence-electron chi connectivity index (χ3n) is 10.9. The number of barbiturate groups is 1. The molecule has 266 valence electrons. The Balaban J connectivity index is 1.17. The molecule has 0 unspecified atom stereocenters. The second-order valence-corrected chi connectivity index (χ2v) is 14.0. The Hall–Kier alpha value is -6.54. The number of nitrogens with one attached hydrogen (secondary N) is 1. The largest absolute Gasteiger partial charge is 0.488 e. The van der Waals surface area contributed by atoms with Gasteiger partial charge < -0.3 is 9.64 Å². The number of benzene rings is 6. The highest BCUT2D eigenvalue weighted by Gasteiger charge is 2.41. The second kappa shape index (κ2) is 13.8. The zero-order valence-corrected chi connectivity index (χ0v) is 29.4. The maximum Gasteiger partial charge on any atom is 0.335 e. The fourth-order valence-corrected chi connectivity index (χ4v) is 8.30. The molecule has 9 rings (SSSR count). The van der Waals surface area contributed by atoms with E-state index in [1.165, 1.54) is 29.3 Å². The van der Waals surface area contributed by atoms with Crippen LogP contribution in [0.1, 0.15) is 58.1 Å². The van der Waals surface area contributed by atoms with Gasteiger partial charge in [-0.2, -0.15) is 0 Å². The van der Waals surface area contributed by atoms with Gasteiger partial charge in [0, 0.05) is 36.2 Å². The highest BCUT2D eigenvalue weighted by molar-refractivity contribution is 6.39. The number of urea groups is 1. The summed E-state index contributed by atoms with van der Waals surface area (Å²) < 4.78 is 19.8. The van der Waals surface area contributed by atoms with Crippen molar-refractivity contribution in [2.24, 2.45) is 0 Å². The van der Waals surface area contributed by atoms with Crippen LogP contribution in [-0.2, 0) is 16.2 Å². The lowest BCUT2D eigenvalue weighted by Crippen LogP contribution is -2.54. The van der Waals surface area contributed by atoms with E-state index in [1.807, 2.05) is 78.9 Å². The Labute approximate surface area is 312 Å². The summed E-state index contributed by atoms with van der Waals surface area (Å²) in [6.45, 7) is 1.95. The molecule has 1 N–H and O–H groups in total. The summed E-state index contributed by atoms with van der Waals surface area (Å²) in [6, 6.07) is 41.2. The van der Waals surface area contributed by atoms with Crippen molar-refractivity contribution >= 4 is 46.1 Å². The highest BCUT2D eigenvalue weighted by atomic mass is 19.1. The number of fused-ring (bicyclic) bond motifs is 1. The van der Waals surface area contributed by atoms with Gasteiger partial charge in [0.25, 0.3) is 11.8 Å². The molecule has 0 aromatic heterocycles. The average Bonchev–Trinajstić information content (AvgIpc) is 3.20. The molecule has 1 fully saturated rings. The summed E-state index contributed by atoms with van der Waals surface area (Å²) in [5.74, 6) is -1.30. The number of hydrogen-bond acceptors (Lipinski definition) is 5. The molecule has 0 spiro atoms. The number of ether oxygens (including phenoxy) is 1. The first-order valence-corrected chi connectivity index (χ1v) is 18.3.